The summed E-state index contributed by atoms with van der Waals surface area (Å²) in [4.78, 5) is 50.9. The number of carbonyl (C=O) groups is 3. The molecule has 3 aliphatic heterocycles. The van der Waals surface area contributed by atoms with Gasteiger partial charge in [0.2, 0.25) is 11.8 Å². The number of imide groups is 1. The Balaban J connectivity index is 1.63. The normalized spacial score (nSPS) is 26.6. The molecule has 2 aromatic rings. The van der Waals surface area contributed by atoms with E-state index in [-0.39, 0.29) is 11.3 Å². The molecular weight excluding hydrogens is 374 g/mol. The fraction of sp³-hybridized carbons (Fsp3) is 0.190. The van der Waals surface area contributed by atoms with E-state index in [1.807, 2.05) is 30.3 Å². The Morgan fingerprint density at radius 3 is 2.59 bits per heavy atom. The summed E-state index contributed by atoms with van der Waals surface area (Å²) in [6.45, 7) is 0. The monoisotopic (exact) mass is 389 g/mol. The predicted octanol–water partition coefficient (Wildman–Crippen LogP) is 2.08. The number of hydrogen-bond donors (Lipinski definition) is 1. The number of nitrogens with one attached hydrogen (secondary N) is 1. The van der Waals surface area contributed by atoms with Crippen LogP contribution < -0.4 is 5.32 Å². The maximum absolute atomic E-state index is 13.4. The first-order valence-corrected chi connectivity index (χ1v) is 9.15. The van der Waals surface area contributed by atoms with Gasteiger partial charge in [0.1, 0.15) is 6.04 Å². The second kappa shape index (κ2) is 6.10. The number of benzene rings is 2. The van der Waals surface area contributed by atoms with Crippen LogP contribution in [0.1, 0.15) is 27.5 Å². The summed E-state index contributed by atoms with van der Waals surface area (Å²) in [6.07, 6.45) is 3.59. The maximum Gasteiger partial charge on any atom is 0.270 e. The molecule has 0 unspecified atom stereocenters. The number of nitrogens with zero attached hydrogens (tertiary/aromatic N) is 2. The lowest BCUT2D eigenvalue weighted by atomic mass is 9.83. The largest absolute Gasteiger partial charge is 0.358 e. The van der Waals surface area contributed by atoms with E-state index in [0.29, 0.717) is 0 Å². The Morgan fingerprint density at radius 2 is 1.79 bits per heavy atom. The highest BCUT2D eigenvalue weighted by Crippen LogP contribution is 2.51. The first-order chi connectivity index (χ1) is 14.0. The molecule has 29 heavy (non-hydrogen) atoms. The minimum absolute atomic E-state index is 0.142. The van der Waals surface area contributed by atoms with E-state index in [9.17, 15) is 24.5 Å². The van der Waals surface area contributed by atoms with E-state index in [1.165, 1.54) is 24.3 Å². The van der Waals surface area contributed by atoms with Crippen LogP contribution in [0.25, 0.3) is 6.08 Å². The van der Waals surface area contributed by atoms with Gasteiger partial charge in [-0.1, -0.05) is 36.4 Å². The number of rotatable bonds is 3. The average Bonchev–Trinajstić information content (AvgIpc) is 3.22. The number of amides is 2. The minimum atomic E-state index is -0.914. The molecule has 0 spiro atoms. The lowest BCUT2D eigenvalue weighted by molar-refractivity contribution is -0.384. The van der Waals surface area contributed by atoms with Crippen LogP contribution in [0.2, 0.25) is 0 Å². The van der Waals surface area contributed by atoms with Crippen molar-refractivity contribution < 1.29 is 19.3 Å². The van der Waals surface area contributed by atoms with Gasteiger partial charge in [0, 0.05) is 23.9 Å². The first kappa shape index (κ1) is 17.3. The molecule has 2 fully saturated rings. The topological polar surface area (TPSA) is 110 Å². The van der Waals surface area contributed by atoms with Crippen LogP contribution in [-0.4, -0.2) is 33.5 Å². The summed E-state index contributed by atoms with van der Waals surface area (Å²) in [5.41, 5.74) is 1.75. The molecule has 8 nitrogen and oxygen atoms in total. The Morgan fingerprint density at radius 1 is 1.03 bits per heavy atom. The van der Waals surface area contributed by atoms with Crippen LogP contribution in [0, 0.1) is 22.0 Å². The minimum Gasteiger partial charge on any atom is -0.358 e. The molecule has 5 rings (SSSR count). The summed E-state index contributed by atoms with van der Waals surface area (Å²) < 4.78 is 0. The van der Waals surface area contributed by atoms with Crippen molar-refractivity contribution in [1.29, 1.82) is 0 Å². The van der Waals surface area contributed by atoms with Gasteiger partial charge in [-0.15, -0.1) is 0 Å². The van der Waals surface area contributed by atoms with Gasteiger partial charge in [0.05, 0.1) is 22.8 Å². The molecule has 0 radical (unpaired) electrons. The number of carbonyl (C=O) groups excluding carboxylic acids is 3. The fourth-order valence-corrected chi connectivity index (χ4v) is 4.72. The summed E-state index contributed by atoms with van der Waals surface area (Å²) in [5.74, 6) is -2.84. The number of nitro groups is 1. The SMILES string of the molecule is O=C1NC(=O)[C@H]2[C@H]1[C@H]1c3ccccc3C=CN1[C@H]2C(=O)c1cccc([N+](=O)[O-])c1. The summed E-state index contributed by atoms with van der Waals surface area (Å²) in [6, 6.07) is 11.6. The Labute approximate surface area is 165 Å². The van der Waals surface area contributed by atoms with Crippen LogP contribution in [0.15, 0.2) is 54.7 Å². The molecule has 0 aliphatic carbocycles. The fourth-order valence-electron chi connectivity index (χ4n) is 4.72. The summed E-state index contributed by atoms with van der Waals surface area (Å²) >= 11 is 0. The highest BCUT2D eigenvalue weighted by atomic mass is 16.6. The summed E-state index contributed by atoms with van der Waals surface area (Å²) in [5, 5.41) is 13.5. The van der Waals surface area contributed by atoms with E-state index in [2.05, 4.69) is 5.32 Å². The molecule has 3 aliphatic rings. The van der Waals surface area contributed by atoms with Gasteiger partial charge in [0.15, 0.2) is 5.78 Å². The number of ketones is 1. The van der Waals surface area contributed by atoms with E-state index < -0.39 is 46.4 Å². The van der Waals surface area contributed by atoms with Crippen molar-refractivity contribution in [3.63, 3.8) is 0 Å². The quantitative estimate of drug-likeness (QED) is 0.373. The first-order valence-electron chi connectivity index (χ1n) is 9.15. The molecule has 0 saturated carbocycles. The zero-order chi connectivity index (χ0) is 20.3. The highest BCUT2D eigenvalue weighted by Gasteiger charge is 2.61. The number of hydrogen-bond acceptors (Lipinski definition) is 6. The highest BCUT2D eigenvalue weighted by molar-refractivity contribution is 6.12. The molecule has 3 heterocycles. The van der Waals surface area contributed by atoms with Crippen LogP contribution in [0.5, 0.6) is 0 Å². The molecule has 0 bridgehead atoms. The Bertz CT molecular complexity index is 1120. The maximum atomic E-state index is 13.4. The number of non-ortho nitro benzene ring substituents is 1. The van der Waals surface area contributed by atoms with Crippen molar-refractivity contribution in [2.24, 2.45) is 11.8 Å². The van der Waals surface area contributed by atoms with Gasteiger partial charge in [-0.2, -0.15) is 0 Å². The third-order valence-electron chi connectivity index (χ3n) is 5.91. The van der Waals surface area contributed by atoms with Crippen LogP contribution >= 0.6 is 0 Å². The molecule has 2 saturated heterocycles. The predicted molar refractivity (Wildman–Crippen MR) is 101 cm³/mol. The second-order valence-corrected chi connectivity index (χ2v) is 7.36. The van der Waals surface area contributed by atoms with Gasteiger partial charge >= 0.3 is 0 Å². The van der Waals surface area contributed by atoms with Gasteiger partial charge in [-0.3, -0.25) is 29.8 Å². The molecule has 2 amide bonds. The smallest absolute Gasteiger partial charge is 0.270 e. The van der Waals surface area contributed by atoms with Crippen LogP contribution in [0.3, 0.4) is 0 Å². The third-order valence-corrected chi connectivity index (χ3v) is 5.91. The average molecular weight is 389 g/mol. The molecule has 8 heteroatoms. The lowest BCUT2D eigenvalue weighted by Gasteiger charge is -2.34. The molecule has 2 aromatic carbocycles. The number of fused-ring (bicyclic) bond motifs is 5. The zero-order valence-electron chi connectivity index (χ0n) is 15.0. The van der Waals surface area contributed by atoms with Crippen molar-refractivity contribution >= 4 is 29.4 Å². The zero-order valence-corrected chi connectivity index (χ0v) is 15.0. The van der Waals surface area contributed by atoms with E-state index in [4.69, 9.17) is 0 Å². The molecule has 1 N–H and O–H groups in total. The van der Waals surface area contributed by atoms with Crippen LogP contribution in [0.4, 0.5) is 5.69 Å². The Hall–Kier alpha value is -3.81. The van der Waals surface area contributed by atoms with E-state index >= 15 is 0 Å². The van der Waals surface area contributed by atoms with Crippen molar-refractivity contribution in [2.75, 3.05) is 0 Å². The van der Waals surface area contributed by atoms with Crippen molar-refractivity contribution in [1.82, 2.24) is 10.2 Å². The lowest BCUT2D eigenvalue weighted by Crippen LogP contribution is -2.42. The summed E-state index contributed by atoms with van der Waals surface area (Å²) in [7, 11) is 0. The van der Waals surface area contributed by atoms with Crippen LogP contribution in [-0.2, 0) is 9.59 Å². The van der Waals surface area contributed by atoms with Gasteiger partial charge in [-0.05, 0) is 17.2 Å². The third kappa shape index (κ3) is 2.42. The molecule has 4 atom stereocenters. The van der Waals surface area contributed by atoms with Crippen molar-refractivity contribution in [3.8, 4) is 0 Å². The Kier molecular flexibility index (Phi) is 3.64. The molecule has 0 aromatic heterocycles. The number of Topliss-reactive ketones (excluding diaryl/α,β-unsaturated/α-hetero) is 1. The van der Waals surface area contributed by atoms with Gasteiger partial charge in [0.25, 0.3) is 5.69 Å². The second-order valence-electron chi connectivity index (χ2n) is 7.36. The van der Waals surface area contributed by atoms with Crippen molar-refractivity contribution in [3.05, 3.63) is 81.5 Å². The van der Waals surface area contributed by atoms with E-state index in [1.54, 1.807) is 11.1 Å². The molecular formula is C21H15N3O5. The van der Waals surface area contributed by atoms with E-state index in [0.717, 1.165) is 11.1 Å². The van der Waals surface area contributed by atoms with Gasteiger partial charge in [-0.25, -0.2) is 0 Å². The standard InChI is InChI=1S/C21H15N3O5/c25-19(12-5-3-6-13(10-12)24(28)29)18-16-15(20(26)22-21(16)27)17-14-7-2-1-4-11(14)8-9-23(17)18/h1-10,15-18H,(H,22,26,27)/t15-,16-,17+,18+/m0/s1. The molecule has 144 valence electrons. The number of nitro benzene ring substituents is 1. The van der Waals surface area contributed by atoms with Crippen molar-refractivity contribution in [2.45, 2.75) is 12.1 Å². The van der Waals surface area contributed by atoms with Gasteiger partial charge < -0.3 is 4.90 Å².